The predicted octanol–water partition coefficient (Wildman–Crippen LogP) is 2.71. The third kappa shape index (κ3) is 3.95. The number of piperidine rings is 1. The fourth-order valence-corrected chi connectivity index (χ4v) is 2.53. The first-order valence-corrected chi connectivity index (χ1v) is 7.03. The highest BCUT2D eigenvalue weighted by atomic mass is 35.5. The maximum atomic E-state index is 5.37. The number of nitrogens with zero attached hydrogens (tertiary/aromatic N) is 2. The van der Waals surface area contributed by atoms with Gasteiger partial charge in [0, 0.05) is 12.0 Å². The molecule has 1 aliphatic heterocycles. The molecular formula is C15H20ClN3O2. The number of nitrogens with one attached hydrogen (secondary N) is 1. The number of benzene rings is 1. The molecule has 1 saturated heterocycles. The number of halogens is 1. The molecule has 1 aromatic carbocycles. The van der Waals surface area contributed by atoms with E-state index in [2.05, 4.69) is 15.5 Å². The summed E-state index contributed by atoms with van der Waals surface area (Å²) in [6.07, 6.45) is 3.24. The smallest absolute Gasteiger partial charge is 0.227 e. The fraction of sp³-hybridized carbons (Fsp3) is 0.467. The minimum absolute atomic E-state index is 0. The Kier molecular flexibility index (Phi) is 5.59. The molecule has 0 radical (unpaired) electrons. The van der Waals surface area contributed by atoms with Gasteiger partial charge in [0.2, 0.25) is 11.7 Å². The van der Waals surface area contributed by atoms with Crippen LogP contribution in [0.15, 0.2) is 28.8 Å². The molecule has 0 spiro atoms. The minimum Gasteiger partial charge on any atom is -0.497 e. The van der Waals surface area contributed by atoms with E-state index in [9.17, 15) is 0 Å². The van der Waals surface area contributed by atoms with Crippen LogP contribution in [0.25, 0.3) is 11.4 Å². The molecule has 6 heteroatoms. The highest BCUT2D eigenvalue weighted by Crippen LogP contribution is 2.22. The van der Waals surface area contributed by atoms with Gasteiger partial charge in [0.05, 0.1) is 7.11 Å². The molecule has 0 atom stereocenters. The van der Waals surface area contributed by atoms with E-state index in [1.54, 1.807) is 7.11 Å². The van der Waals surface area contributed by atoms with Crippen LogP contribution in [0.3, 0.4) is 0 Å². The summed E-state index contributed by atoms with van der Waals surface area (Å²) in [6, 6.07) is 7.69. The second kappa shape index (κ2) is 7.43. The Morgan fingerprint density at radius 3 is 2.62 bits per heavy atom. The highest BCUT2D eigenvalue weighted by molar-refractivity contribution is 5.85. The van der Waals surface area contributed by atoms with Gasteiger partial charge >= 0.3 is 0 Å². The molecule has 2 aromatic rings. The van der Waals surface area contributed by atoms with Gasteiger partial charge in [-0.3, -0.25) is 0 Å². The normalized spacial score (nSPS) is 15.5. The molecule has 114 valence electrons. The summed E-state index contributed by atoms with van der Waals surface area (Å²) in [4.78, 5) is 4.49. The third-order valence-electron chi connectivity index (χ3n) is 3.74. The number of methoxy groups -OCH3 is 1. The molecular weight excluding hydrogens is 290 g/mol. The van der Waals surface area contributed by atoms with Crippen LogP contribution < -0.4 is 10.1 Å². The lowest BCUT2D eigenvalue weighted by Gasteiger charge is -2.20. The summed E-state index contributed by atoms with van der Waals surface area (Å²) in [6.45, 7) is 2.17. The predicted molar refractivity (Wildman–Crippen MR) is 82.8 cm³/mol. The monoisotopic (exact) mass is 309 g/mol. The van der Waals surface area contributed by atoms with Gasteiger partial charge in [-0.05, 0) is 56.1 Å². The van der Waals surface area contributed by atoms with Crippen molar-refractivity contribution >= 4 is 12.4 Å². The van der Waals surface area contributed by atoms with Crippen molar-refractivity contribution in [3.63, 3.8) is 0 Å². The standard InChI is InChI=1S/C15H19N3O2.ClH/c1-19-13-4-2-12(3-5-13)15-17-14(20-18-15)10-11-6-8-16-9-7-11;/h2-5,11,16H,6-10H2,1H3;1H. The van der Waals surface area contributed by atoms with E-state index in [0.29, 0.717) is 11.7 Å². The molecule has 1 aliphatic rings. The Morgan fingerprint density at radius 1 is 1.24 bits per heavy atom. The van der Waals surface area contributed by atoms with Crippen molar-refractivity contribution in [2.24, 2.45) is 5.92 Å². The molecule has 0 saturated carbocycles. The number of hydrogen-bond donors (Lipinski definition) is 1. The molecule has 1 fully saturated rings. The highest BCUT2D eigenvalue weighted by Gasteiger charge is 2.17. The Bertz CT molecular complexity index is 550. The van der Waals surface area contributed by atoms with Crippen LogP contribution in [0, 0.1) is 5.92 Å². The first-order valence-electron chi connectivity index (χ1n) is 7.03. The van der Waals surface area contributed by atoms with Crippen LogP contribution in [0.4, 0.5) is 0 Å². The first kappa shape index (κ1) is 15.8. The van der Waals surface area contributed by atoms with Crippen molar-refractivity contribution in [2.75, 3.05) is 20.2 Å². The van der Waals surface area contributed by atoms with E-state index in [1.807, 2.05) is 24.3 Å². The van der Waals surface area contributed by atoms with E-state index in [1.165, 1.54) is 12.8 Å². The molecule has 0 amide bonds. The average molecular weight is 310 g/mol. The lowest BCUT2D eigenvalue weighted by atomic mass is 9.95. The zero-order chi connectivity index (χ0) is 13.8. The molecule has 1 N–H and O–H groups in total. The van der Waals surface area contributed by atoms with E-state index in [0.717, 1.165) is 36.7 Å². The summed E-state index contributed by atoms with van der Waals surface area (Å²) in [5, 5.41) is 7.43. The van der Waals surface area contributed by atoms with E-state index >= 15 is 0 Å². The van der Waals surface area contributed by atoms with Crippen molar-refractivity contribution in [3.05, 3.63) is 30.2 Å². The van der Waals surface area contributed by atoms with Gasteiger partial charge < -0.3 is 14.6 Å². The average Bonchev–Trinajstić information content (AvgIpc) is 2.97. The second-order valence-electron chi connectivity index (χ2n) is 5.14. The van der Waals surface area contributed by atoms with Gasteiger partial charge in [-0.1, -0.05) is 5.16 Å². The van der Waals surface area contributed by atoms with Gasteiger partial charge in [-0.15, -0.1) is 12.4 Å². The van der Waals surface area contributed by atoms with Crippen molar-refractivity contribution in [2.45, 2.75) is 19.3 Å². The van der Waals surface area contributed by atoms with Gasteiger partial charge in [0.1, 0.15) is 5.75 Å². The minimum atomic E-state index is 0. The largest absolute Gasteiger partial charge is 0.497 e. The van der Waals surface area contributed by atoms with Crippen LogP contribution in [-0.4, -0.2) is 30.3 Å². The molecule has 5 nitrogen and oxygen atoms in total. The molecule has 0 unspecified atom stereocenters. The zero-order valence-electron chi connectivity index (χ0n) is 12.0. The Hall–Kier alpha value is -1.59. The van der Waals surface area contributed by atoms with Crippen LogP contribution in [-0.2, 0) is 6.42 Å². The van der Waals surface area contributed by atoms with E-state index < -0.39 is 0 Å². The summed E-state index contributed by atoms with van der Waals surface area (Å²) in [5.41, 5.74) is 0.950. The van der Waals surface area contributed by atoms with Crippen LogP contribution in [0.1, 0.15) is 18.7 Å². The number of aromatic nitrogens is 2. The van der Waals surface area contributed by atoms with E-state index in [4.69, 9.17) is 9.26 Å². The zero-order valence-corrected chi connectivity index (χ0v) is 12.9. The molecule has 0 bridgehead atoms. The van der Waals surface area contributed by atoms with Gasteiger partial charge in [0.25, 0.3) is 0 Å². The Labute approximate surface area is 130 Å². The lowest BCUT2D eigenvalue weighted by molar-refractivity contribution is 0.313. The van der Waals surface area contributed by atoms with Gasteiger partial charge in [-0.2, -0.15) is 4.98 Å². The second-order valence-corrected chi connectivity index (χ2v) is 5.14. The summed E-state index contributed by atoms with van der Waals surface area (Å²) < 4.78 is 10.5. The maximum absolute atomic E-state index is 5.37. The quantitative estimate of drug-likeness (QED) is 0.941. The van der Waals surface area contributed by atoms with Gasteiger partial charge in [-0.25, -0.2) is 0 Å². The lowest BCUT2D eigenvalue weighted by Crippen LogP contribution is -2.28. The summed E-state index contributed by atoms with van der Waals surface area (Å²) in [7, 11) is 1.65. The van der Waals surface area contributed by atoms with E-state index in [-0.39, 0.29) is 12.4 Å². The fourth-order valence-electron chi connectivity index (χ4n) is 2.53. The summed E-state index contributed by atoms with van der Waals surface area (Å²) in [5.74, 6) is 2.87. The Morgan fingerprint density at radius 2 is 1.95 bits per heavy atom. The number of rotatable bonds is 4. The van der Waals surface area contributed by atoms with Crippen molar-refractivity contribution in [3.8, 4) is 17.1 Å². The molecule has 0 aliphatic carbocycles. The topological polar surface area (TPSA) is 60.2 Å². The van der Waals surface area contributed by atoms with Gasteiger partial charge in [0.15, 0.2) is 0 Å². The van der Waals surface area contributed by atoms with Crippen LogP contribution in [0.2, 0.25) is 0 Å². The molecule has 3 rings (SSSR count). The molecule has 2 heterocycles. The van der Waals surface area contributed by atoms with Crippen molar-refractivity contribution in [1.82, 2.24) is 15.5 Å². The molecule has 21 heavy (non-hydrogen) atoms. The maximum Gasteiger partial charge on any atom is 0.227 e. The van der Waals surface area contributed by atoms with Crippen molar-refractivity contribution < 1.29 is 9.26 Å². The third-order valence-corrected chi connectivity index (χ3v) is 3.74. The Balaban J connectivity index is 0.00000161. The molecule has 1 aromatic heterocycles. The summed E-state index contributed by atoms with van der Waals surface area (Å²) >= 11 is 0. The number of hydrogen-bond acceptors (Lipinski definition) is 5. The SMILES string of the molecule is COc1ccc(-c2noc(CC3CCNCC3)n2)cc1.Cl. The van der Waals surface area contributed by atoms with Crippen LogP contribution in [0.5, 0.6) is 5.75 Å². The van der Waals surface area contributed by atoms with Crippen molar-refractivity contribution in [1.29, 1.82) is 0 Å². The first-order chi connectivity index (χ1) is 9.85. The van der Waals surface area contributed by atoms with Crippen LogP contribution >= 0.6 is 12.4 Å². The number of ether oxygens (including phenoxy) is 1.